The van der Waals surface area contributed by atoms with Gasteiger partial charge >= 0.3 is 0 Å². The highest BCUT2D eigenvalue weighted by Crippen LogP contribution is 2.35. The van der Waals surface area contributed by atoms with Crippen molar-refractivity contribution in [2.75, 3.05) is 13.1 Å². The van der Waals surface area contributed by atoms with Crippen molar-refractivity contribution in [1.82, 2.24) is 14.9 Å². The Morgan fingerprint density at radius 2 is 1.82 bits per heavy atom. The molecule has 2 aromatic carbocycles. The fourth-order valence-corrected chi connectivity index (χ4v) is 4.52. The van der Waals surface area contributed by atoms with E-state index in [0.29, 0.717) is 5.92 Å². The monoisotopic (exact) mass is 411 g/mol. The summed E-state index contributed by atoms with van der Waals surface area (Å²) in [5.41, 5.74) is 4.85. The van der Waals surface area contributed by atoms with Gasteiger partial charge in [-0.2, -0.15) is 0 Å². The maximum atomic E-state index is 6.20. The summed E-state index contributed by atoms with van der Waals surface area (Å²) in [5.74, 6) is 0.528. The van der Waals surface area contributed by atoms with E-state index in [1.165, 1.54) is 27.5 Å². The van der Waals surface area contributed by atoms with Crippen molar-refractivity contribution in [3.8, 4) is 0 Å². The third kappa shape index (κ3) is 3.50. The average Bonchev–Trinajstić information content (AvgIpc) is 3.12. The molecule has 4 aromatic rings. The molecule has 5 rings (SSSR count). The lowest BCUT2D eigenvalue weighted by atomic mass is 9.91. The van der Waals surface area contributed by atoms with Crippen LogP contribution in [-0.2, 0) is 6.54 Å². The van der Waals surface area contributed by atoms with Crippen LogP contribution in [0.3, 0.4) is 0 Å². The van der Waals surface area contributed by atoms with Gasteiger partial charge in [0.1, 0.15) is 0 Å². The summed E-state index contributed by atoms with van der Waals surface area (Å²) in [6.07, 6.45) is 4.50. The number of para-hydroxylation sites is 1. The van der Waals surface area contributed by atoms with Gasteiger partial charge in [0, 0.05) is 34.5 Å². The van der Waals surface area contributed by atoms with E-state index in [1.807, 2.05) is 18.2 Å². The van der Waals surface area contributed by atoms with E-state index in [-0.39, 0.29) is 12.4 Å². The molecular formula is C23H23Cl2N3. The van der Waals surface area contributed by atoms with Gasteiger partial charge in [0.25, 0.3) is 0 Å². The van der Waals surface area contributed by atoms with Crippen LogP contribution in [-0.4, -0.2) is 22.6 Å². The van der Waals surface area contributed by atoms with Gasteiger partial charge in [-0.05, 0) is 55.8 Å². The molecule has 1 saturated heterocycles. The highest BCUT2D eigenvalue weighted by Gasteiger charge is 2.21. The van der Waals surface area contributed by atoms with E-state index in [0.717, 1.165) is 43.0 Å². The Balaban J connectivity index is 0.00000192. The predicted octanol–water partition coefficient (Wildman–Crippen LogP) is 5.78. The van der Waals surface area contributed by atoms with Crippen LogP contribution < -0.4 is 5.32 Å². The quantitative estimate of drug-likeness (QED) is 0.462. The number of benzene rings is 2. The van der Waals surface area contributed by atoms with E-state index < -0.39 is 0 Å². The number of aromatic nitrogens is 2. The fourth-order valence-electron chi connectivity index (χ4n) is 4.31. The second kappa shape index (κ2) is 8.12. The van der Waals surface area contributed by atoms with Crippen molar-refractivity contribution in [1.29, 1.82) is 0 Å². The number of piperidine rings is 1. The first-order valence-corrected chi connectivity index (χ1v) is 10.00. The van der Waals surface area contributed by atoms with Crippen molar-refractivity contribution in [3.63, 3.8) is 0 Å². The molecule has 3 heterocycles. The third-order valence-electron chi connectivity index (χ3n) is 5.61. The maximum absolute atomic E-state index is 6.20. The number of halogens is 2. The van der Waals surface area contributed by atoms with Gasteiger partial charge < -0.3 is 9.88 Å². The van der Waals surface area contributed by atoms with E-state index >= 15 is 0 Å². The van der Waals surface area contributed by atoms with Crippen molar-refractivity contribution in [2.24, 2.45) is 0 Å². The summed E-state index contributed by atoms with van der Waals surface area (Å²) in [7, 11) is 0. The number of fused-ring (bicyclic) bond motifs is 3. The molecule has 144 valence electrons. The molecule has 0 spiro atoms. The van der Waals surface area contributed by atoms with Crippen LogP contribution in [0.25, 0.3) is 21.8 Å². The van der Waals surface area contributed by atoms with Crippen LogP contribution in [0.2, 0.25) is 5.02 Å². The summed E-state index contributed by atoms with van der Waals surface area (Å²) in [6, 6.07) is 18.9. The Morgan fingerprint density at radius 3 is 2.64 bits per heavy atom. The van der Waals surface area contributed by atoms with Crippen molar-refractivity contribution in [3.05, 3.63) is 77.1 Å². The lowest BCUT2D eigenvalue weighted by Gasteiger charge is -2.23. The number of rotatable bonds is 3. The Morgan fingerprint density at radius 1 is 1.00 bits per heavy atom. The second-order valence-corrected chi connectivity index (χ2v) is 7.81. The second-order valence-electron chi connectivity index (χ2n) is 7.37. The van der Waals surface area contributed by atoms with Crippen LogP contribution in [0.4, 0.5) is 0 Å². The van der Waals surface area contributed by atoms with Crippen molar-refractivity contribution in [2.45, 2.75) is 25.3 Å². The molecule has 3 nitrogen and oxygen atoms in total. The first-order valence-electron chi connectivity index (χ1n) is 9.62. The Kier molecular flexibility index (Phi) is 5.58. The zero-order valence-electron chi connectivity index (χ0n) is 15.6. The lowest BCUT2D eigenvalue weighted by Crippen LogP contribution is -2.27. The standard InChI is InChI=1S/C23H22ClN3.ClH/c24-18-5-3-4-16(14-18)15-27-13-10-20-22(17-8-11-25-12-9-17)26-21-7-2-1-6-19(21)23(20)27;/h1-7,10,13-14,17,25H,8-9,11-12,15H2;1H. The van der Waals surface area contributed by atoms with Crippen LogP contribution in [0, 0.1) is 0 Å². The minimum Gasteiger partial charge on any atom is -0.342 e. The third-order valence-corrected chi connectivity index (χ3v) is 5.84. The molecule has 1 aliphatic heterocycles. The van der Waals surface area contributed by atoms with Crippen molar-refractivity contribution < 1.29 is 0 Å². The molecule has 0 atom stereocenters. The first-order chi connectivity index (χ1) is 13.3. The maximum Gasteiger partial charge on any atom is 0.0726 e. The molecular weight excluding hydrogens is 389 g/mol. The van der Waals surface area contributed by atoms with Crippen LogP contribution >= 0.6 is 24.0 Å². The molecule has 5 heteroatoms. The molecule has 2 aromatic heterocycles. The highest BCUT2D eigenvalue weighted by atomic mass is 35.5. The highest BCUT2D eigenvalue weighted by molar-refractivity contribution is 6.30. The van der Waals surface area contributed by atoms with Gasteiger partial charge in [-0.3, -0.25) is 4.98 Å². The molecule has 1 fully saturated rings. The predicted molar refractivity (Wildman–Crippen MR) is 120 cm³/mol. The van der Waals surface area contributed by atoms with Crippen LogP contribution in [0.15, 0.2) is 60.8 Å². The van der Waals surface area contributed by atoms with Gasteiger partial charge in [-0.15, -0.1) is 12.4 Å². The minimum atomic E-state index is 0. The zero-order chi connectivity index (χ0) is 18.2. The number of nitrogens with zero attached hydrogens (tertiary/aromatic N) is 2. The summed E-state index contributed by atoms with van der Waals surface area (Å²) < 4.78 is 2.34. The molecule has 0 unspecified atom stereocenters. The van der Waals surface area contributed by atoms with Gasteiger partial charge in [0.2, 0.25) is 0 Å². The lowest BCUT2D eigenvalue weighted by molar-refractivity contribution is 0.456. The number of hydrogen-bond donors (Lipinski definition) is 1. The van der Waals surface area contributed by atoms with Gasteiger partial charge in [0.05, 0.1) is 16.7 Å². The molecule has 28 heavy (non-hydrogen) atoms. The Labute approximate surface area is 176 Å². The molecule has 1 N–H and O–H groups in total. The van der Waals surface area contributed by atoms with E-state index in [2.05, 4.69) is 52.5 Å². The number of nitrogens with one attached hydrogen (secondary N) is 1. The fraction of sp³-hybridized carbons (Fsp3) is 0.261. The minimum absolute atomic E-state index is 0. The molecule has 1 aliphatic rings. The average molecular weight is 412 g/mol. The molecule has 0 radical (unpaired) electrons. The summed E-state index contributed by atoms with van der Waals surface area (Å²) >= 11 is 6.20. The van der Waals surface area contributed by atoms with Gasteiger partial charge in [-0.1, -0.05) is 41.9 Å². The van der Waals surface area contributed by atoms with Crippen LogP contribution in [0.1, 0.15) is 30.0 Å². The summed E-state index contributed by atoms with van der Waals surface area (Å²) in [5, 5.41) is 6.76. The van der Waals surface area contributed by atoms with E-state index in [4.69, 9.17) is 16.6 Å². The summed E-state index contributed by atoms with van der Waals surface area (Å²) in [4.78, 5) is 5.10. The van der Waals surface area contributed by atoms with Crippen molar-refractivity contribution >= 4 is 45.8 Å². The smallest absolute Gasteiger partial charge is 0.0726 e. The zero-order valence-corrected chi connectivity index (χ0v) is 17.1. The molecule has 0 amide bonds. The van der Waals surface area contributed by atoms with Gasteiger partial charge in [-0.25, -0.2) is 0 Å². The molecule has 0 aliphatic carbocycles. The number of pyridine rings is 1. The summed E-state index contributed by atoms with van der Waals surface area (Å²) in [6.45, 7) is 2.96. The molecule has 0 saturated carbocycles. The number of hydrogen-bond acceptors (Lipinski definition) is 2. The largest absolute Gasteiger partial charge is 0.342 e. The topological polar surface area (TPSA) is 29.9 Å². The normalized spacial score (nSPS) is 15.0. The van der Waals surface area contributed by atoms with E-state index in [1.54, 1.807) is 0 Å². The Bertz CT molecular complexity index is 1110. The van der Waals surface area contributed by atoms with Gasteiger partial charge in [0.15, 0.2) is 0 Å². The molecule has 0 bridgehead atoms. The Hall–Kier alpha value is -2.07. The van der Waals surface area contributed by atoms with E-state index in [9.17, 15) is 0 Å². The van der Waals surface area contributed by atoms with Crippen LogP contribution in [0.5, 0.6) is 0 Å². The SMILES string of the molecule is Cl.Clc1cccc(Cn2ccc3c(C4CCNCC4)nc4ccccc4c32)c1. The first kappa shape index (κ1) is 19.3.